The van der Waals surface area contributed by atoms with E-state index in [9.17, 15) is 9.59 Å². The highest BCUT2D eigenvalue weighted by Crippen LogP contribution is 2.17. The van der Waals surface area contributed by atoms with Crippen LogP contribution in [0.4, 0.5) is 0 Å². The molecule has 1 amide bonds. The predicted octanol–water partition coefficient (Wildman–Crippen LogP) is 3.70. The van der Waals surface area contributed by atoms with E-state index in [1.54, 1.807) is 13.0 Å². The zero-order valence-corrected chi connectivity index (χ0v) is 17.3. The Bertz CT molecular complexity index is 995. The summed E-state index contributed by atoms with van der Waals surface area (Å²) in [5, 5.41) is 7.27. The number of carbonyl (C=O) groups excluding carboxylic acids is 1. The topological polar surface area (TPSA) is 64.0 Å². The van der Waals surface area contributed by atoms with Gasteiger partial charge < -0.3 is 5.32 Å². The normalized spacial score (nSPS) is 11.8. The monoisotopic (exact) mass is 473 g/mol. The summed E-state index contributed by atoms with van der Waals surface area (Å²) in [7, 11) is 0. The maximum absolute atomic E-state index is 12.5. The third-order valence-electron chi connectivity index (χ3n) is 4.30. The highest BCUT2D eigenvalue weighted by molar-refractivity contribution is 14.1. The van der Waals surface area contributed by atoms with Crippen molar-refractivity contribution in [3.8, 4) is 11.3 Å². The Balaban J connectivity index is 1.76. The average molecular weight is 473 g/mol. The number of rotatable bonds is 5. The second-order valence-electron chi connectivity index (χ2n) is 6.39. The van der Waals surface area contributed by atoms with Gasteiger partial charge in [0, 0.05) is 21.7 Å². The van der Waals surface area contributed by atoms with Crippen LogP contribution in [0.25, 0.3) is 11.3 Å². The van der Waals surface area contributed by atoms with Crippen molar-refractivity contribution in [2.45, 2.75) is 26.4 Å². The van der Waals surface area contributed by atoms with Crippen LogP contribution in [-0.2, 0) is 11.3 Å². The lowest BCUT2D eigenvalue weighted by Gasteiger charge is -2.15. The summed E-state index contributed by atoms with van der Waals surface area (Å²) in [6.07, 6.45) is 0. The van der Waals surface area contributed by atoms with Crippen molar-refractivity contribution in [2.75, 3.05) is 0 Å². The first-order valence-electron chi connectivity index (χ1n) is 8.63. The number of hydrogen-bond acceptors (Lipinski definition) is 3. The third-order valence-corrected chi connectivity index (χ3v) is 5.02. The number of nitrogens with zero attached hydrogens (tertiary/aromatic N) is 2. The smallest absolute Gasteiger partial charge is 0.267 e. The molecule has 1 atom stereocenters. The van der Waals surface area contributed by atoms with Crippen molar-refractivity contribution in [3.05, 3.63) is 85.7 Å². The molecule has 27 heavy (non-hydrogen) atoms. The van der Waals surface area contributed by atoms with E-state index < -0.39 is 6.04 Å². The van der Waals surface area contributed by atoms with Crippen LogP contribution in [0.5, 0.6) is 0 Å². The molecule has 3 rings (SSSR count). The summed E-state index contributed by atoms with van der Waals surface area (Å²) in [5.74, 6) is -0.246. The Morgan fingerprint density at radius 2 is 1.74 bits per heavy atom. The van der Waals surface area contributed by atoms with Gasteiger partial charge in [-0.05, 0) is 60.2 Å². The van der Waals surface area contributed by atoms with Crippen LogP contribution in [0.3, 0.4) is 0 Å². The molecular formula is C21H20IN3O2. The second kappa shape index (κ2) is 8.47. The lowest BCUT2D eigenvalue weighted by Crippen LogP contribution is -2.36. The molecular weight excluding hydrogens is 453 g/mol. The molecule has 0 aliphatic carbocycles. The SMILES string of the molecule is Cc1ccc(-c2ccc(=O)n(C(C)C(=O)NCc3ccc(I)cc3)n2)cc1. The van der Waals surface area contributed by atoms with Crippen molar-refractivity contribution >= 4 is 28.5 Å². The first-order chi connectivity index (χ1) is 12.9. The third kappa shape index (κ3) is 4.82. The van der Waals surface area contributed by atoms with Gasteiger partial charge in [-0.15, -0.1) is 0 Å². The average Bonchev–Trinajstić information content (AvgIpc) is 2.68. The zero-order valence-electron chi connectivity index (χ0n) is 15.1. The Morgan fingerprint density at radius 1 is 1.07 bits per heavy atom. The lowest BCUT2D eigenvalue weighted by atomic mass is 10.1. The van der Waals surface area contributed by atoms with E-state index in [4.69, 9.17) is 0 Å². The molecule has 2 aromatic carbocycles. The van der Waals surface area contributed by atoms with E-state index in [-0.39, 0.29) is 11.5 Å². The van der Waals surface area contributed by atoms with Gasteiger partial charge in [0.2, 0.25) is 5.91 Å². The van der Waals surface area contributed by atoms with E-state index in [0.29, 0.717) is 12.2 Å². The fraction of sp³-hybridized carbons (Fsp3) is 0.190. The first kappa shape index (κ1) is 19.3. The summed E-state index contributed by atoms with van der Waals surface area (Å²) in [6, 6.07) is 18.2. The van der Waals surface area contributed by atoms with E-state index in [1.165, 1.54) is 10.7 Å². The summed E-state index contributed by atoms with van der Waals surface area (Å²) in [5.41, 5.74) is 3.41. The molecule has 0 fully saturated rings. The Kier molecular flexibility index (Phi) is 6.05. The number of carbonyl (C=O) groups is 1. The Hall–Kier alpha value is -2.48. The molecule has 5 nitrogen and oxygen atoms in total. The van der Waals surface area contributed by atoms with Crippen LogP contribution in [0.2, 0.25) is 0 Å². The molecule has 0 aliphatic rings. The molecule has 0 bridgehead atoms. The molecule has 1 unspecified atom stereocenters. The second-order valence-corrected chi connectivity index (χ2v) is 7.63. The fourth-order valence-electron chi connectivity index (χ4n) is 2.63. The van der Waals surface area contributed by atoms with Crippen molar-refractivity contribution in [3.63, 3.8) is 0 Å². The predicted molar refractivity (Wildman–Crippen MR) is 114 cm³/mol. The molecule has 0 aliphatic heterocycles. The molecule has 0 saturated carbocycles. The number of nitrogens with one attached hydrogen (secondary N) is 1. The number of hydrogen-bond donors (Lipinski definition) is 1. The number of benzene rings is 2. The minimum atomic E-state index is -0.702. The first-order valence-corrected chi connectivity index (χ1v) is 9.71. The molecule has 0 radical (unpaired) electrons. The van der Waals surface area contributed by atoms with Crippen LogP contribution in [-0.4, -0.2) is 15.7 Å². The number of halogens is 1. The number of aryl methyl sites for hydroxylation is 1. The number of amides is 1. The van der Waals surface area contributed by atoms with Gasteiger partial charge in [0.15, 0.2) is 0 Å². The van der Waals surface area contributed by atoms with E-state index in [0.717, 1.165) is 20.3 Å². The van der Waals surface area contributed by atoms with Crippen LogP contribution in [0.1, 0.15) is 24.1 Å². The van der Waals surface area contributed by atoms with E-state index >= 15 is 0 Å². The molecule has 0 saturated heterocycles. The van der Waals surface area contributed by atoms with Gasteiger partial charge in [-0.1, -0.05) is 42.0 Å². The molecule has 138 valence electrons. The lowest BCUT2D eigenvalue weighted by molar-refractivity contribution is -0.124. The van der Waals surface area contributed by atoms with Crippen molar-refractivity contribution in [1.82, 2.24) is 15.1 Å². The largest absolute Gasteiger partial charge is 0.350 e. The van der Waals surface area contributed by atoms with Gasteiger partial charge >= 0.3 is 0 Å². The highest BCUT2D eigenvalue weighted by Gasteiger charge is 2.17. The minimum Gasteiger partial charge on any atom is -0.350 e. The van der Waals surface area contributed by atoms with Gasteiger partial charge in [0.1, 0.15) is 6.04 Å². The van der Waals surface area contributed by atoms with Crippen molar-refractivity contribution in [2.24, 2.45) is 0 Å². The van der Waals surface area contributed by atoms with E-state index in [2.05, 4.69) is 33.0 Å². The molecule has 1 heterocycles. The van der Waals surface area contributed by atoms with Gasteiger partial charge in [-0.2, -0.15) is 5.10 Å². The molecule has 6 heteroatoms. The summed E-state index contributed by atoms with van der Waals surface area (Å²) >= 11 is 2.24. The highest BCUT2D eigenvalue weighted by atomic mass is 127. The quantitative estimate of drug-likeness (QED) is 0.575. The van der Waals surface area contributed by atoms with Crippen LogP contribution >= 0.6 is 22.6 Å². The van der Waals surface area contributed by atoms with Gasteiger partial charge in [-0.3, -0.25) is 9.59 Å². The van der Waals surface area contributed by atoms with Crippen LogP contribution < -0.4 is 10.9 Å². The maximum atomic E-state index is 12.5. The van der Waals surface area contributed by atoms with Gasteiger partial charge in [0.05, 0.1) is 5.69 Å². The molecule has 0 spiro atoms. The van der Waals surface area contributed by atoms with Crippen LogP contribution in [0.15, 0.2) is 65.5 Å². The number of aromatic nitrogens is 2. The molecule has 1 N–H and O–H groups in total. The fourth-order valence-corrected chi connectivity index (χ4v) is 2.99. The molecule has 3 aromatic rings. The van der Waals surface area contributed by atoms with Gasteiger partial charge in [0.25, 0.3) is 5.56 Å². The maximum Gasteiger partial charge on any atom is 0.267 e. The van der Waals surface area contributed by atoms with Gasteiger partial charge in [-0.25, -0.2) is 4.68 Å². The zero-order chi connectivity index (χ0) is 19.4. The Labute approximate surface area is 171 Å². The van der Waals surface area contributed by atoms with Crippen molar-refractivity contribution < 1.29 is 4.79 Å². The van der Waals surface area contributed by atoms with Crippen molar-refractivity contribution in [1.29, 1.82) is 0 Å². The summed E-state index contributed by atoms with van der Waals surface area (Å²) < 4.78 is 2.37. The van der Waals surface area contributed by atoms with Crippen LogP contribution in [0, 0.1) is 10.5 Å². The van der Waals surface area contributed by atoms with E-state index in [1.807, 2.05) is 55.5 Å². The summed E-state index contributed by atoms with van der Waals surface area (Å²) in [4.78, 5) is 24.8. The standard InChI is InChI=1S/C21H20IN3O2/c1-14-3-7-17(8-4-14)19-11-12-20(26)25(24-19)15(2)21(27)23-13-16-5-9-18(22)10-6-16/h3-12,15H,13H2,1-2H3,(H,23,27). The summed E-state index contributed by atoms with van der Waals surface area (Å²) in [6.45, 7) is 4.10. The Morgan fingerprint density at radius 3 is 2.41 bits per heavy atom. The molecule has 1 aromatic heterocycles. The minimum absolute atomic E-state index is 0.246.